The number of urea groups is 1. The van der Waals surface area contributed by atoms with Gasteiger partial charge < -0.3 is 20.5 Å². The van der Waals surface area contributed by atoms with Crippen molar-refractivity contribution in [2.75, 3.05) is 17.7 Å². The molecule has 0 heterocycles. The number of amides is 2. The maximum Gasteiger partial charge on any atom is 0.323 e. The first-order chi connectivity index (χ1) is 9.58. The number of anilines is 2. The van der Waals surface area contributed by atoms with Crippen LogP contribution in [0.5, 0.6) is 11.5 Å². The first-order valence-corrected chi connectivity index (χ1v) is 5.79. The molecule has 3 N–H and O–H groups in total. The Morgan fingerprint density at radius 2 is 2.00 bits per heavy atom. The van der Waals surface area contributed by atoms with Gasteiger partial charge in [0.1, 0.15) is 17.3 Å². The number of rotatable bonds is 3. The van der Waals surface area contributed by atoms with Crippen LogP contribution >= 0.6 is 0 Å². The smallest absolute Gasteiger partial charge is 0.323 e. The molecule has 0 aliphatic rings. The van der Waals surface area contributed by atoms with Gasteiger partial charge in [0.05, 0.1) is 12.8 Å². The fraction of sp³-hybridized carbons (Fsp3) is 0.0714. The third kappa shape index (κ3) is 3.38. The highest BCUT2D eigenvalue weighted by Gasteiger charge is 2.08. The van der Waals surface area contributed by atoms with E-state index in [2.05, 4.69) is 10.6 Å². The summed E-state index contributed by atoms with van der Waals surface area (Å²) >= 11 is 0. The van der Waals surface area contributed by atoms with Crippen molar-refractivity contribution in [3.05, 3.63) is 48.3 Å². The Labute approximate surface area is 115 Å². The quantitative estimate of drug-likeness (QED) is 0.754. The van der Waals surface area contributed by atoms with Gasteiger partial charge in [-0.05, 0) is 24.3 Å². The minimum atomic E-state index is -0.717. The normalized spacial score (nSPS) is 9.90. The number of hydrogen-bond donors (Lipinski definition) is 3. The third-order valence-electron chi connectivity index (χ3n) is 2.53. The van der Waals surface area contributed by atoms with Gasteiger partial charge in [0.25, 0.3) is 0 Å². The number of carbonyl (C=O) groups excluding carboxylic acids is 1. The van der Waals surface area contributed by atoms with E-state index >= 15 is 0 Å². The van der Waals surface area contributed by atoms with Crippen LogP contribution in [0.4, 0.5) is 20.6 Å². The number of methoxy groups -OCH3 is 1. The number of halogens is 1. The first kappa shape index (κ1) is 13.7. The zero-order valence-electron chi connectivity index (χ0n) is 10.7. The summed E-state index contributed by atoms with van der Waals surface area (Å²) in [5.74, 6) is -0.328. The molecule has 0 aliphatic heterocycles. The summed E-state index contributed by atoms with van der Waals surface area (Å²) in [5, 5.41) is 14.0. The van der Waals surface area contributed by atoms with Gasteiger partial charge in [0, 0.05) is 17.8 Å². The molecule has 0 saturated heterocycles. The Morgan fingerprint density at radius 1 is 1.20 bits per heavy atom. The van der Waals surface area contributed by atoms with Crippen LogP contribution in [0.1, 0.15) is 0 Å². The molecule has 2 aromatic carbocycles. The molecule has 6 heteroatoms. The molecule has 0 spiro atoms. The van der Waals surface area contributed by atoms with Crippen LogP contribution in [0, 0.1) is 5.82 Å². The molecule has 0 radical (unpaired) electrons. The van der Waals surface area contributed by atoms with Gasteiger partial charge >= 0.3 is 6.03 Å². The van der Waals surface area contributed by atoms with Gasteiger partial charge in [-0.1, -0.05) is 6.07 Å². The maximum atomic E-state index is 13.4. The fourth-order valence-electron chi connectivity index (χ4n) is 1.59. The second-order valence-electron chi connectivity index (χ2n) is 3.98. The van der Waals surface area contributed by atoms with E-state index in [1.54, 1.807) is 24.3 Å². The van der Waals surface area contributed by atoms with Crippen molar-refractivity contribution in [1.29, 1.82) is 0 Å². The van der Waals surface area contributed by atoms with Crippen molar-refractivity contribution in [2.24, 2.45) is 0 Å². The molecular formula is C14H13FN2O3. The first-order valence-electron chi connectivity index (χ1n) is 5.79. The molecule has 104 valence electrons. The van der Waals surface area contributed by atoms with E-state index in [1.807, 2.05) is 0 Å². The molecule has 20 heavy (non-hydrogen) atoms. The number of aromatic hydroxyl groups is 1. The van der Waals surface area contributed by atoms with Crippen LogP contribution in [0.25, 0.3) is 0 Å². The Morgan fingerprint density at radius 3 is 2.70 bits per heavy atom. The van der Waals surface area contributed by atoms with Crippen LogP contribution in [0.3, 0.4) is 0 Å². The van der Waals surface area contributed by atoms with Crippen LogP contribution in [-0.4, -0.2) is 18.2 Å². The number of ether oxygens (including phenoxy) is 1. The van der Waals surface area contributed by atoms with Crippen LogP contribution < -0.4 is 15.4 Å². The minimum absolute atomic E-state index is 0.0248. The fourth-order valence-corrected chi connectivity index (χ4v) is 1.59. The number of phenolic OH excluding ortho intramolecular Hbond substituents is 1. The monoisotopic (exact) mass is 276 g/mol. The van der Waals surface area contributed by atoms with Crippen LogP contribution in [0.15, 0.2) is 42.5 Å². The summed E-state index contributed by atoms with van der Waals surface area (Å²) in [6.07, 6.45) is 0. The number of phenols is 1. The van der Waals surface area contributed by atoms with E-state index in [1.165, 1.54) is 19.2 Å². The SMILES string of the molecule is COc1cccc(NC(=O)Nc2ccc(O)cc2F)c1. The van der Waals surface area contributed by atoms with Crippen molar-refractivity contribution >= 4 is 17.4 Å². The van der Waals surface area contributed by atoms with Gasteiger partial charge in [0.15, 0.2) is 0 Å². The molecule has 5 nitrogen and oxygen atoms in total. The molecule has 0 atom stereocenters. The maximum absolute atomic E-state index is 13.4. The molecule has 0 unspecified atom stereocenters. The predicted molar refractivity (Wildman–Crippen MR) is 73.7 cm³/mol. The summed E-state index contributed by atoms with van der Waals surface area (Å²) in [4.78, 5) is 11.7. The lowest BCUT2D eigenvalue weighted by Gasteiger charge is -2.09. The summed E-state index contributed by atoms with van der Waals surface area (Å²) in [6, 6.07) is 9.64. The van der Waals surface area contributed by atoms with E-state index in [0.717, 1.165) is 6.07 Å². The van der Waals surface area contributed by atoms with E-state index in [0.29, 0.717) is 11.4 Å². The van der Waals surface area contributed by atoms with Gasteiger partial charge in [0.2, 0.25) is 0 Å². The Kier molecular flexibility index (Phi) is 4.05. The summed E-state index contributed by atoms with van der Waals surface area (Å²) < 4.78 is 18.5. The molecule has 0 saturated carbocycles. The molecular weight excluding hydrogens is 263 g/mol. The van der Waals surface area contributed by atoms with Gasteiger partial charge in [-0.2, -0.15) is 0 Å². The van der Waals surface area contributed by atoms with Crippen LogP contribution in [-0.2, 0) is 0 Å². The minimum Gasteiger partial charge on any atom is -0.508 e. The zero-order valence-corrected chi connectivity index (χ0v) is 10.7. The van der Waals surface area contributed by atoms with E-state index in [4.69, 9.17) is 9.84 Å². The molecule has 0 bridgehead atoms. The molecule has 2 amide bonds. The van der Waals surface area contributed by atoms with Gasteiger partial charge in [-0.25, -0.2) is 9.18 Å². The highest BCUT2D eigenvalue weighted by Crippen LogP contribution is 2.20. The topological polar surface area (TPSA) is 70.6 Å². The number of hydrogen-bond acceptors (Lipinski definition) is 3. The number of carbonyl (C=O) groups is 1. The Balaban J connectivity index is 2.05. The Bertz CT molecular complexity index is 632. The Hall–Kier alpha value is -2.76. The van der Waals surface area contributed by atoms with E-state index in [9.17, 15) is 9.18 Å². The second kappa shape index (κ2) is 5.92. The lowest BCUT2D eigenvalue weighted by Crippen LogP contribution is -2.20. The average Bonchev–Trinajstić information content (AvgIpc) is 2.42. The highest BCUT2D eigenvalue weighted by molar-refractivity contribution is 5.99. The molecule has 0 aromatic heterocycles. The van der Waals surface area contributed by atoms with Gasteiger partial charge in [-0.15, -0.1) is 0 Å². The van der Waals surface area contributed by atoms with Crippen molar-refractivity contribution in [3.63, 3.8) is 0 Å². The molecule has 2 rings (SSSR count). The molecule has 0 fully saturated rings. The van der Waals surface area contributed by atoms with Crippen molar-refractivity contribution in [2.45, 2.75) is 0 Å². The lowest BCUT2D eigenvalue weighted by molar-refractivity contribution is 0.262. The largest absolute Gasteiger partial charge is 0.508 e. The van der Waals surface area contributed by atoms with Crippen molar-refractivity contribution < 1.29 is 19.0 Å². The van der Waals surface area contributed by atoms with Crippen LogP contribution in [0.2, 0.25) is 0 Å². The van der Waals surface area contributed by atoms with E-state index < -0.39 is 11.8 Å². The third-order valence-corrected chi connectivity index (χ3v) is 2.53. The molecule has 0 aliphatic carbocycles. The lowest BCUT2D eigenvalue weighted by atomic mass is 10.3. The van der Waals surface area contributed by atoms with Crippen molar-refractivity contribution in [3.8, 4) is 11.5 Å². The second-order valence-corrected chi connectivity index (χ2v) is 3.98. The molecule has 2 aromatic rings. The van der Waals surface area contributed by atoms with Gasteiger partial charge in [-0.3, -0.25) is 0 Å². The standard InChI is InChI=1S/C14H13FN2O3/c1-20-11-4-2-3-9(7-11)16-14(19)17-13-6-5-10(18)8-12(13)15/h2-8,18H,1H3,(H2,16,17,19). The van der Waals surface area contributed by atoms with Crippen molar-refractivity contribution in [1.82, 2.24) is 0 Å². The summed E-state index contributed by atoms with van der Waals surface area (Å²) in [5.41, 5.74) is 0.490. The highest BCUT2D eigenvalue weighted by atomic mass is 19.1. The number of nitrogens with one attached hydrogen (secondary N) is 2. The summed E-state index contributed by atoms with van der Waals surface area (Å²) in [7, 11) is 1.52. The van der Waals surface area contributed by atoms with E-state index in [-0.39, 0.29) is 11.4 Å². The summed E-state index contributed by atoms with van der Waals surface area (Å²) in [6.45, 7) is 0. The average molecular weight is 276 g/mol. The zero-order chi connectivity index (χ0) is 14.5. The predicted octanol–water partition coefficient (Wildman–Crippen LogP) is 3.18. The number of benzene rings is 2.